The Morgan fingerprint density at radius 3 is 2.65 bits per heavy atom. The monoisotopic (exact) mass is 311 g/mol. The Hall–Kier alpha value is -2.98. The molecule has 0 radical (unpaired) electrons. The molecule has 23 heavy (non-hydrogen) atoms. The third-order valence-corrected chi connectivity index (χ3v) is 3.35. The van der Waals surface area contributed by atoms with Crippen LogP contribution < -0.4 is 0 Å². The van der Waals surface area contributed by atoms with Gasteiger partial charge in [0.15, 0.2) is 0 Å². The Labute approximate surface area is 133 Å². The minimum atomic E-state index is -1.23. The van der Waals surface area contributed by atoms with Crippen LogP contribution in [0.3, 0.4) is 0 Å². The van der Waals surface area contributed by atoms with Gasteiger partial charge in [-0.15, -0.1) is 0 Å². The van der Waals surface area contributed by atoms with E-state index >= 15 is 0 Å². The van der Waals surface area contributed by atoms with E-state index in [4.69, 9.17) is 15.1 Å². The minimum Gasteiger partial charge on any atom is -0.478 e. The van der Waals surface area contributed by atoms with Crippen molar-refractivity contribution >= 4 is 5.97 Å². The molecule has 0 spiro atoms. The molecule has 0 saturated heterocycles. The lowest BCUT2D eigenvalue weighted by Gasteiger charge is -1.98. The summed E-state index contributed by atoms with van der Waals surface area (Å²) in [4.78, 5) is 13.3. The predicted molar refractivity (Wildman–Crippen MR) is 85.7 cm³/mol. The van der Waals surface area contributed by atoms with Crippen molar-refractivity contribution in [2.24, 2.45) is 5.11 Å². The first-order valence-electron chi connectivity index (χ1n) is 7.28. The Morgan fingerprint density at radius 1 is 1.22 bits per heavy atom. The fourth-order valence-corrected chi connectivity index (χ4v) is 2.19. The summed E-state index contributed by atoms with van der Waals surface area (Å²) >= 11 is 0. The van der Waals surface area contributed by atoms with E-state index in [9.17, 15) is 4.79 Å². The molecule has 2 rings (SSSR count). The zero-order chi connectivity index (χ0) is 16.5. The molecule has 6 heteroatoms. The Kier molecular flexibility index (Phi) is 6.03. The van der Waals surface area contributed by atoms with Gasteiger partial charge in [-0.05, 0) is 42.0 Å². The second-order valence-electron chi connectivity index (χ2n) is 5.03. The Bertz CT molecular complexity index is 725. The van der Waals surface area contributed by atoms with Crippen molar-refractivity contribution in [1.29, 1.82) is 0 Å². The van der Waals surface area contributed by atoms with Crippen molar-refractivity contribution < 1.29 is 14.3 Å². The van der Waals surface area contributed by atoms with Gasteiger partial charge < -0.3 is 9.52 Å². The molecule has 0 bridgehead atoms. The molecule has 1 aromatic carbocycles. The maximum Gasteiger partial charge on any atom is 0.337 e. The number of hydrogen-bond donors (Lipinski definition) is 1. The molecule has 1 heterocycles. The van der Waals surface area contributed by atoms with Crippen LogP contribution in [-0.4, -0.2) is 11.1 Å². The fourth-order valence-electron chi connectivity index (χ4n) is 2.19. The van der Waals surface area contributed by atoms with Gasteiger partial charge in [-0.3, -0.25) is 0 Å². The molecule has 0 aliphatic heterocycles. The van der Waals surface area contributed by atoms with E-state index in [0.717, 1.165) is 24.2 Å². The average Bonchev–Trinajstić information content (AvgIpc) is 3.01. The molecule has 1 N–H and O–H groups in total. The maximum absolute atomic E-state index is 10.8. The Morgan fingerprint density at radius 2 is 1.96 bits per heavy atom. The number of azide groups is 1. The van der Waals surface area contributed by atoms with E-state index in [2.05, 4.69) is 22.2 Å². The molecule has 118 valence electrons. The number of carboxylic acids is 1. The van der Waals surface area contributed by atoms with E-state index in [1.807, 2.05) is 24.3 Å². The topological polar surface area (TPSA) is 99.2 Å². The first kappa shape index (κ1) is 16.4. The number of benzene rings is 1. The number of nitrogens with zero attached hydrogens (tertiary/aromatic N) is 3. The predicted octanol–water partition coefficient (Wildman–Crippen LogP) is 4.28. The molecular formula is C17H17N3O3. The molecule has 2 aromatic rings. The quantitative estimate of drug-likeness (QED) is 0.341. The van der Waals surface area contributed by atoms with Crippen LogP contribution in [0.15, 0.2) is 64.0 Å². The van der Waals surface area contributed by atoms with Crippen molar-refractivity contribution in [1.82, 2.24) is 0 Å². The number of allylic oxidation sites excluding steroid dienone is 1. The molecule has 0 unspecified atom stereocenters. The number of carbonyl (C=O) groups is 1. The van der Waals surface area contributed by atoms with Crippen LogP contribution in [0.2, 0.25) is 0 Å². The van der Waals surface area contributed by atoms with Gasteiger partial charge in [0.25, 0.3) is 0 Å². The highest BCUT2D eigenvalue weighted by molar-refractivity contribution is 5.85. The summed E-state index contributed by atoms with van der Waals surface area (Å²) in [5, 5.41) is 12.0. The van der Waals surface area contributed by atoms with Gasteiger partial charge in [0.2, 0.25) is 0 Å². The number of carboxylic acid groups (broad SMARTS) is 1. The van der Waals surface area contributed by atoms with E-state index in [-0.39, 0.29) is 5.70 Å². The summed E-state index contributed by atoms with van der Waals surface area (Å²) in [5.74, 6) is -0.444. The van der Waals surface area contributed by atoms with Gasteiger partial charge in [-0.2, -0.15) is 0 Å². The average molecular weight is 311 g/mol. The largest absolute Gasteiger partial charge is 0.478 e. The molecule has 0 saturated carbocycles. The number of rotatable bonds is 8. The minimum absolute atomic E-state index is 0.289. The molecular weight excluding hydrogens is 294 g/mol. The van der Waals surface area contributed by atoms with Crippen LogP contribution >= 0.6 is 0 Å². The third-order valence-electron chi connectivity index (χ3n) is 3.35. The van der Waals surface area contributed by atoms with Crippen molar-refractivity contribution in [2.45, 2.75) is 25.7 Å². The first-order valence-corrected chi connectivity index (χ1v) is 7.28. The highest BCUT2D eigenvalue weighted by atomic mass is 16.4. The number of furan rings is 1. The highest BCUT2D eigenvalue weighted by Gasteiger charge is 2.05. The lowest BCUT2D eigenvalue weighted by atomic mass is 10.1. The van der Waals surface area contributed by atoms with Gasteiger partial charge in [0.1, 0.15) is 11.5 Å². The standard InChI is InChI=1S/C17H17N3O3/c18-20-19-16(17(21)22)8-4-7-15-11-14(12-23-15)10-9-13-5-2-1-3-6-13/h1-3,5-6,8,11-12H,4,7,9-10H2,(H,21,22). The van der Waals surface area contributed by atoms with Crippen LogP contribution in [0.5, 0.6) is 0 Å². The SMILES string of the molecule is [N-]=[N+]=NC(=CCCc1cc(CCc2ccccc2)co1)C(=O)O. The van der Waals surface area contributed by atoms with E-state index < -0.39 is 5.97 Å². The summed E-state index contributed by atoms with van der Waals surface area (Å²) < 4.78 is 5.48. The zero-order valence-corrected chi connectivity index (χ0v) is 12.6. The van der Waals surface area contributed by atoms with E-state index in [1.54, 1.807) is 6.26 Å². The number of aliphatic carboxylic acids is 1. The van der Waals surface area contributed by atoms with E-state index in [1.165, 1.54) is 11.6 Å². The van der Waals surface area contributed by atoms with Gasteiger partial charge >= 0.3 is 5.97 Å². The molecule has 0 aliphatic rings. The van der Waals surface area contributed by atoms with Crippen LogP contribution in [0.4, 0.5) is 0 Å². The van der Waals surface area contributed by atoms with Crippen molar-refractivity contribution in [3.63, 3.8) is 0 Å². The molecule has 0 fully saturated rings. The molecule has 0 atom stereocenters. The second kappa shape index (κ2) is 8.46. The van der Waals surface area contributed by atoms with Gasteiger partial charge in [0.05, 0.1) is 6.26 Å². The summed E-state index contributed by atoms with van der Waals surface area (Å²) in [6, 6.07) is 12.2. The molecule has 0 amide bonds. The van der Waals surface area contributed by atoms with Gasteiger partial charge in [-0.25, -0.2) is 4.79 Å². The second-order valence-corrected chi connectivity index (χ2v) is 5.03. The summed E-state index contributed by atoms with van der Waals surface area (Å²) in [7, 11) is 0. The van der Waals surface area contributed by atoms with Gasteiger partial charge in [0, 0.05) is 11.3 Å². The van der Waals surface area contributed by atoms with Crippen LogP contribution in [0, 0.1) is 0 Å². The highest BCUT2D eigenvalue weighted by Crippen LogP contribution is 2.14. The molecule has 6 nitrogen and oxygen atoms in total. The summed E-state index contributed by atoms with van der Waals surface area (Å²) in [6.45, 7) is 0. The lowest BCUT2D eigenvalue weighted by Crippen LogP contribution is -1.97. The van der Waals surface area contributed by atoms with Crippen LogP contribution in [0.25, 0.3) is 10.4 Å². The van der Waals surface area contributed by atoms with E-state index in [0.29, 0.717) is 12.8 Å². The Balaban J connectivity index is 1.86. The molecule has 1 aromatic heterocycles. The van der Waals surface area contributed by atoms with Crippen molar-refractivity contribution in [3.05, 3.63) is 81.8 Å². The first-order chi connectivity index (χ1) is 11.2. The number of hydrogen-bond acceptors (Lipinski definition) is 3. The van der Waals surface area contributed by atoms with Gasteiger partial charge in [-0.1, -0.05) is 41.5 Å². The normalized spacial score (nSPS) is 11.0. The summed E-state index contributed by atoms with van der Waals surface area (Å²) in [5.41, 5.74) is 10.4. The summed E-state index contributed by atoms with van der Waals surface area (Å²) in [6.07, 6.45) is 5.96. The van der Waals surface area contributed by atoms with Crippen LogP contribution in [-0.2, 0) is 24.1 Å². The fraction of sp³-hybridized carbons (Fsp3) is 0.235. The number of aryl methyl sites for hydroxylation is 3. The maximum atomic E-state index is 10.8. The van der Waals surface area contributed by atoms with Crippen molar-refractivity contribution in [3.8, 4) is 0 Å². The lowest BCUT2D eigenvalue weighted by molar-refractivity contribution is -0.132. The smallest absolute Gasteiger partial charge is 0.337 e. The molecule has 0 aliphatic carbocycles. The van der Waals surface area contributed by atoms with Crippen molar-refractivity contribution in [2.75, 3.05) is 0 Å². The zero-order valence-electron chi connectivity index (χ0n) is 12.6. The van der Waals surface area contributed by atoms with Crippen LogP contribution in [0.1, 0.15) is 23.3 Å². The third kappa shape index (κ3) is 5.37.